The number of nitrogens with zero attached hydrogens (tertiary/aromatic N) is 2. The van der Waals surface area contributed by atoms with Gasteiger partial charge in [0, 0.05) is 37.8 Å². The van der Waals surface area contributed by atoms with Crippen LogP contribution in [0.3, 0.4) is 0 Å². The molecule has 0 saturated carbocycles. The molecule has 0 radical (unpaired) electrons. The van der Waals surface area contributed by atoms with Crippen LogP contribution in [0.1, 0.15) is 24.0 Å². The van der Waals surface area contributed by atoms with E-state index in [0.717, 1.165) is 31.2 Å². The number of aryl methyl sites for hydroxylation is 1. The van der Waals surface area contributed by atoms with Gasteiger partial charge in [-0.05, 0) is 32.4 Å². The van der Waals surface area contributed by atoms with E-state index in [9.17, 15) is 5.11 Å². The fraction of sp³-hybridized carbons (Fsp3) is 0.600. The van der Waals surface area contributed by atoms with Crippen molar-refractivity contribution in [2.45, 2.75) is 32.4 Å². The van der Waals surface area contributed by atoms with E-state index in [1.807, 2.05) is 12.1 Å². The molecule has 98 valence electrons. The molecule has 3 rings (SSSR count). The van der Waals surface area contributed by atoms with Crippen molar-refractivity contribution in [1.29, 1.82) is 0 Å². The molecule has 1 atom stereocenters. The first-order valence-electron chi connectivity index (χ1n) is 6.97. The molecule has 2 aliphatic heterocycles. The van der Waals surface area contributed by atoms with Gasteiger partial charge in [0.2, 0.25) is 0 Å². The van der Waals surface area contributed by atoms with Crippen molar-refractivity contribution in [3.8, 4) is 5.75 Å². The maximum Gasteiger partial charge on any atom is 0.120 e. The normalized spacial score (nSPS) is 25.3. The van der Waals surface area contributed by atoms with Crippen LogP contribution in [-0.2, 0) is 6.54 Å². The smallest absolute Gasteiger partial charge is 0.120 e. The fourth-order valence-corrected chi connectivity index (χ4v) is 3.28. The highest BCUT2D eigenvalue weighted by Crippen LogP contribution is 2.25. The minimum Gasteiger partial charge on any atom is -0.508 e. The summed E-state index contributed by atoms with van der Waals surface area (Å²) in [5.41, 5.74) is 2.30. The topological polar surface area (TPSA) is 26.7 Å². The lowest BCUT2D eigenvalue weighted by atomic mass is 10.1. The third-order valence-electron chi connectivity index (χ3n) is 4.30. The number of phenolic OH excluding ortho intramolecular Hbond substituents is 1. The zero-order chi connectivity index (χ0) is 12.5. The van der Waals surface area contributed by atoms with E-state index in [-0.39, 0.29) is 0 Å². The molecule has 18 heavy (non-hydrogen) atoms. The van der Waals surface area contributed by atoms with Crippen molar-refractivity contribution >= 4 is 0 Å². The molecule has 1 unspecified atom stereocenters. The largest absolute Gasteiger partial charge is 0.508 e. The van der Waals surface area contributed by atoms with Gasteiger partial charge in [-0.15, -0.1) is 0 Å². The number of aromatic hydroxyl groups is 1. The number of hydrogen-bond donors (Lipinski definition) is 1. The highest BCUT2D eigenvalue weighted by atomic mass is 16.3. The fourth-order valence-electron chi connectivity index (χ4n) is 3.28. The number of fused-ring (bicyclic) bond motifs is 1. The highest BCUT2D eigenvalue weighted by molar-refractivity contribution is 5.35. The molecule has 3 nitrogen and oxygen atoms in total. The van der Waals surface area contributed by atoms with Gasteiger partial charge >= 0.3 is 0 Å². The Labute approximate surface area is 109 Å². The Hall–Kier alpha value is -1.06. The summed E-state index contributed by atoms with van der Waals surface area (Å²) in [5, 5.41) is 9.92. The van der Waals surface area contributed by atoms with Crippen LogP contribution < -0.4 is 0 Å². The molecule has 3 heteroatoms. The van der Waals surface area contributed by atoms with Crippen LogP contribution in [-0.4, -0.2) is 47.1 Å². The molecule has 0 spiro atoms. The van der Waals surface area contributed by atoms with E-state index in [0.29, 0.717) is 5.75 Å². The number of piperazine rings is 1. The predicted octanol–water partition coefficient (Wildman–Crippen LogP) is 1.98. The summed E-state index contributed by atoms with van der Waals surface area (Å²) in [7, 11) is 0. The lowest BCUT2D eigenvalue weighted by Gasteiger charge is -2.37. The van der Waals surface area contributed by atoms with Crippen LogP contribution in [0.5, 0.6) is 5.75 Å². The Bertz CT molecular complexity index is 433. The molecule has 1 aromatic carbocycles. The van der Waals surface area contributed by atoms with E-state index in [4.69, 9.17) is 0 Å². The second kappa shape index (κ2) is 4.90. The van der Waals surface area contributed by atoms with Crippen molar-refractivity contribution in [3.05, 3.63) is 29.3 Å². The van der Waals surface area contributed by atoms with Crippen LogP contribution in [0.4, 0.5) is 0 Å². The quantitative estimate of drug-likeness (QED) is 0.864. The molecule has 2 aliphatic rings. The third-order valence-corrected chi connectivity index (χ3v) is 4.30. The van der Waals surface area contributed by atoms with Crippen molar-refractivity contribution in [3.63, 3.8) is 0 Å². The molecular formula is C15H22N2O. The van der Waals surface area contributed by atoms with Gasteiger partial charge in [-0.3, -0.25) is 9.80 Å². The number of benzene rings is 1. The Balaban J connectivity index is 1.67. The van der Waals surface area contributed by atoms with Crippen LogP contribution in [0, 0.1) is 6.92 Å². The summed E-state index contributed by atoms with van der Waals surface area (Å²) < 4.78 is 0. The molecule has 1 N–H and O–H groups in total. The molecule has 2 heterocycles. The molecule has 2 fully saturated rings. The molecule has 0 aliphatic carbocycles. The summed E-state index contributed by atoms with van der Waals surface area (Å²) in [6.07, 6.45) is 2.70. The summed E-state index contributed by atoms with van der Waals surface area (Å²) >= 11 is 0. The highest BCUT2D eigenvalue weighted by Gasteiger charge is 2.30. The van der Waals surface area contributed by atoms with Crippen molar-refractivity contribution in [2.75, 3.05) is 26.2 Å². The van der Waals surface area contributed by atoms with E-state index in [1.165, 1.54) is 31.5 Å². The van der Waals surface area contributed by atoms with E-state index in [2.05, 4.69) is 22.8 Å². The Morgan fingerprint density at radius 3 is 3.06 bits per heavy atom. The third kappa shape index (κ3) is 2.38. The summed E-state index contributed by atoms with van der Waals surface area (Å²) in [6.45, 7) is 7.73. The second-order valence-electron chi connectivity index (χ2n) is 5.70. The SMILES string of the molecule is Cc1ccc(O)c(CN2CCN3CCCC3C2)c1. The van der Waals surface area contributed by atoms with E-state index < -0.39 is 0 Å². The first-order chi connectivity index (χ1) is 8.72. The lowest BCUT2D eigenvalue weighted by Crippen LogP contribution is -2.49. The first kappa shape index (κ1) is 12.0. The van der Waals surface area contributed by atoms with Crippen LogP contribution in [0.2, 0.25) is 0 Å². The molecule has 0 bridgehead atoms. The second-order valence-corrected chi connectivity index (χ2v) is 5.70. The summed E-state index contributed by atoms with van der Waals surface area (Å²) in [4.78, 5) is 5.10. The Morgan fingerprint density at radius 1 is 1.28 bits per heavy atom. The monoisotopic (exact) mass is 246 g/mol. The van der Waals surface area contributed by atoms with Gasteiger partial charge in [-0.2, -0.15) is 0 Å². The molecule has 0 amide bonds. The van der Waals surface area contributed by atoms with Gasteiger partial charge in [0.1, 0.15) is 5.75 Å². The maximum atomic E-state index is 9.92. The van der Waals surface area contributed by atoms with E-state index >= 15 is 0 Å². The van der Waals surface area contributed by atoms with E-state index in [1.54, 1.807) is 0 Å². The van der Waals surface area contributed by atoms with Gasteiger partial charge in [0.05, 0.1) is 0 Å². The van der Waals surface area contributed by atoms with Crippen LogP contribution >= 0.6 is 0 Å². The standard InChI is InChI=1S/C15H22N2O/c1-12-4-5-15(18)13(9-12)10-16-7-8-17-6-2-3-14(17)11-16/h4-5,9,14,18H,2-3,6-8,10-11H2,1H3. The predicted molar refractivity (Wildman–Crippen MR) is 72.7 cm³/mol. The molecule has 2 saturated heterocycles. The zero-order valence-corrected chi connectivity index (χ0v) is 11.1. The minimum absolute atomic E-state index is 0.439. The Morgan fingerprint density at radius 2 is 2.17 bits per heavy atom. The van der Waals surface area contributed by atoms with Crippen molar-refractivity contribution < 1.29 is 5.11 Å². The number of hydrogen-bond acceptors (Lipinski definition) is 3. The summed E-state index contributed by atoms with van der Waals surface area (Å²) in [5.74, 6) is 0.439. The first-order valence-corrected chi connectivity index (χ1v) is 6.97. The molecular weight excluding hydrogens is 224 g/mol. The van der Waals surface area contributed by atoms with Gasteiger partial charge in [0.25, 0.3) is 0 Å². The van der Waals surface area contributed by atoms with Gasteiger partial charge in [-0.1, -0.05) is 17.7 Å². The minimum atomic E-state index is 0.439. The molecule has 1 aromatic rings. The average Bonchev–Trinajstić information content (AvgIpc) is 2.81. The van der Waals surface area contributed by atoms with Gasteiger partial charge < -0.3 is 5.11 Å². The maximum absolute atomic E-state index is 9.92. The lowest BCUT2D eigenvalue weighted by molar-refractivity contribution is 0.0987. The van der Waals surface area contributed by atoms with Gasteiger partial charge in [-0.25, -0.2) is 0 Å². The van der Waals surface area contributed by atoms with Crippen molar-refractivity contribution in [2.24, 2.45) is 0 Å². The van der Waals surface area contributed by atoms with Crippen molar-refractivity contribution in [1.82, 2.24) is 9.80 Å². The molecule has 0 aromatic heterocycles. The number of rotatable bonds is 2. The van der Waals surface area contributed by atoms with Crippen LogP contribution in [0.15, 0.2) is 18.2 Å². The summed E-state index contributed by atoms with van der Waals surface area (Å²) in [6, 6.07) is 6.64. The van der Waals surface area contributed by atoms with Crippen LogP contribution in [0.25, 0.3) is 0 Å². The zero-order valence-electron chi connectivity index (χ0n) is 11.1. The van der Waals surface area contributed by atoms with Gasteiger partial charge in [0.15, 0.2) is 0 Å². The number of phenols is 1. The average molecular weight is 246 g/mol. The Kier molecular flexibility index (Phi) is 3.27.